The van der Waals surface area contributed by atoms with Crippen LogP contribution in [-0.4, -0.2) is 44.0 Å². The van der Waals surface area contributed by atoms with Gasteiger partial charge in [0.25, 0.3) is 0 Å². The van der Waals surface area contributed by atoms with Crippen LogP contribution < -0.4 is 5.73 Å². The number of sulfone groups is 1. The maximum absolute atomic E-state index is 12.4. The highest BCUT2D eigenvalue weighted by Gasteiger charge is 2.19. The number of anilines is 1. The molecule has 0 aromatic heterocycles. The lowest BCUT2D eigenvalue weighted by molar-refractivity contribution is 0.284. The average molecular weight is 496 g/mol. The van der Waals surface area contributed by atoms with E-state index in [1.807, 2.05) is 13.0 Å². The quantitative estimate of drug-likeness (QED) is 0.216. The van der Waals surface area contributed by atoms with Gasteiger partial charge in [-0.1, -0.05) is 6.07 Å². The van der Waals surface area contributed by atoms with Crippen LogP contribution in [0.3, 0.4) is 0 Å². The first-order valence-electron chi connectivity index (χ1n) is 9.40. The van der Waals surface area contributed by atoms with Crippen molar-refractivity contribution in [2.75, 3.05) is 18.1 Å². The van der Waals surface area contributed by atoms with Gasteiger partial charge in [-0.25, -0.2) is 12.6 Å². The van der Waals surface area contributed by atoms with Gasteiger partial charge in [0, 0.05) is 11.1 Å². The van der Waals surface area contributed by atoms with Crippen molar-refractivity contribution < 1.29 is 35.8 Å². The molecular formula is C20H21N3O8S2. The van der Waals surface area contributed by atoms with E-state index in [1.54, 1.807) is 19.1 Å². The van der Waals surface area contributed by atoms with Gasteiger partial charge in [0.1, 0.15) is 17.1 Å². The number of hydrogen-bond acceptors (Lipinski definition) is 10. The minimum absolute atomic E-state index is 0.0901. The Labute approximate surface area is 190 Å². The Morgan fingerprint density at radius 1 is 1.00 bits per heavy atom. The molecule has 13 heteroatoms. The van der Waals surface area contributed by atoms with Gasteiger partial charge in [-0.15, -0.1) is 10.2 Å². The largest absolute Gasteiger partial charge is 0.506 e. The Morgan fingerprint density at radius 3 is 2.36 bits per heavy atom. The third-order valence-corrected chi connectivity index (χ3v) is 6.84. The van der Waals surface area contributed by atoms with Crippen LogP contribution in [0, 0.1) is 13.8 Å². The summed E-state index contributed by atoms with van der Waals surface area (Å²) in [6, 6.07) is 8.53. The molecule has 0 saturated carbocycles. The van der Waals surface area contributed by atoms with Gasteiger partial charge in [-0.3, -0.25) is 4.55 Å². The van der Waals surface area contributed by atoms with Gasteiger partial charge in [0.05, 0.1) is 17.3 Å². The van der Waals surface area contributed by atoms with Crippen molar-refractivity contribution >= 4 is 48.1 Å². The van der Waals surface area contributed by atoms with Crippen LogP contribution in [-0.2, 0) is 24.4 Å². The Kier molecular flexibility index (Phi) is 6.61. The Bertz CT molecular complexity index is 1480. The van der Waals surface area contributed by atoms with Crippen molar-refractivity contribution in [3.8, 4) is 11.5 Å². The first kappa shape index (κ1) is 24.4. The summed E-state index contributed by atoms with van der Waals surface area (Å²) >= 11 is 0. The van der Waals surface area contributed by atoms with Gasteiger partial charge in [-0.05, 0) is 60.7 Å². The van der Waals surface area contributed by atoms with E-state index in [-0.39, 0.29) is 27.8 Å². The number of phenols is 2. The van der Waals surface area contributed by atoms with Crippen molar-refractivity contribution in [3.05, 3.63) is 47.5 Å². The van der Waals surface area contributed by atoms with Crippen LogP contribution in [0.2, 0.25) is 0 Å². The van der Waals surface area contributed by atoms with E-state index in [4.69, 9.17) is 10.3 Å². The van der Waals surface area contributed by atoms with Gasteiger partial charge in [-0.2, -0.15) is 8.42 Å². The summed E-state index contributed by atoms with van der Waals surface area (Å²) in [6.45, 7) is 2.76. The second kappa shape index (κ2) is 8.94. The van der Waals surface area contributed by atoms with Crippen LogP contribution >= 0.6 is 0 Å². The zero-order valence-corrected chi connectivity index (χ0v) is 19.2. The first-order chi connectivity index (χ1) is 15.3. The molecule has 176 valence electrons. The second-order valence-corrected chi connectivity index (χ2v) is 10.5. The fraction of sp³-hybridized carbons (Fsp3) is 0.200. The summed E-state index contributed by atoms with van der Waals surface area (Å²) < 4.78 is 58.6. The van der Waals surface area contributed by atoms with Gasteiger partial charge in [0.2, 0.25) is 0 Å². The average Bonchev–Trinajstić information content (AvgIpc) is 2.66. The number of nitrogens with two attached hydrogens (primary N) is 1. The molecule has 0 atom stereocenters. The lowest BCUT2D eigenvalue weighted by atomic mass is 10.0. The third-order valence-electron chi connectivity index (χ3n) is 4.70. The first-order valence-corrected chi connectivity index (χ1v) is 12.4. The highest BCUT2D eigenvalue weighted by atomic mass is 32.3. The van der Waals surface area contributed by atoms with E-state index < -0.39 is 32.6 Å². The number of aryl methyl sites for hydroxylation is 2. The zero-order valence-electron chi connectivity index (χ0n) is 17.5. The number of aromatic hydroxyl groups is 2. The van der Waals surface area contributed by atoms with Crippen molar-refractivity contribution in [2.24, 2.45) is 10.2 Å². The molecule has 0 saturated heterocycles. The molecule has 0 bridgehead atoms. The van der Waals surface area contributed by atoms with E-state index in [1.165, 1.54) is 0 Å². The van der Waals surface area contributed by atoms with E-state index in [0.29, 0.717) is 22.0 Å². The monoisotopic (exact) mass is 495 g/mol. The molecule has 0 aliphatic carbocycles. The SMILES string of the molecule is Cc1cc(N)c2c(O)c(N=Nc3cc(S(=O)(=O)CCOS(=O)(=O)O)ccc3O)c(C)cc2c1. The highest BCUT2D eigenvalue weighted by molar-refractivity contribution is 7.91. The summed E-state index contributed by atoms with van der Waals surface area (Å²) in [7, 11) is -8.82. The molecule has 0 fully saturated rings. The summed E-state index contributed by atoms with van der Waals surface area (Å²) in [5.74, 6) is -1.34. The number of nitrogens with zero attached hydrogens (tertiary/aromatic N) is 2. The molecule has 33 heavy (non-hydrogen) atoms. The lowest BCUT2D eigenvalue weighted by Crippen LogP contribution is -2.15. The molecule has 0 radical (unpaired) electrons. The van der Waals surface area contributed by atoms with Gasteiger partial charge < -0.3 is 15.9 Å². The maximum atomic E-state index is 12.4. The van der Waals surface area contributed by atoms with Crippen molar-refractivity contribution in [2.45, 2.75) is 18.7 Å². The minimum Gasteiger partial charge on any atom is -0.506 e. The lowest BCUT2D eigenvalue weighted by Gasteiger charge is -2.11. The predicted octanol–water partition coefficient (Wildman–Crippen LogP) is 3.46. The second-order valence-electron chi connectivity index (χ2n) is 7.26. The van der Waals surface area contributed by atoms with E-state index in [9.17, 15) is 27.0 Å². The smallest absolute Gasteiger partial charge is 0.397 e. The number of phenolic OH excluding ortho intramolecular Hbond substituents is 2. The van der Waals surface area contributed by atoms with E-state index in [2.05, 4.69) is 14.4 Å². The molecule has 3 aromatic carbocycles. The maximum Gasteiger partial charge on any atom is 0.397 e. The Balaban J connectivity index is 1.97. The molecule has 11 nitrogen and oxygen atoms in total. The van der Waals surface area contributed by atoms with Crippen LogP contribution in [0.4, 0.5) is 17.1 Å². The third kappa shape index (κ3) is 5.57. The number of hydrogen-bond donors (Lipinski definition) is 4. The topological polar surface area (TPSA) is 189 Å². The molecule has 3 aromatic rings. The van der Waals surface area contributed by atoms with Crippen molar-refractivity contribution in [1.82, 2.24) is 0 Å². The van der Waals surface area contributed by atoms with Crippen LogP contribution in [0.25, 0.3) is 10.8 Å². The summed E-state index contributed by atoms with van der Waals surface area (Å²) in [6.07, 6.45) is 0. The molecule has 0 aliphatic rings. The Hall–Kier alpha value is -3.26. The number of nitrogen functional groups attached to an aromatic ring is 1. The Morgan fingerprint density at radius 2 is 1.70 bits per heavy atom. The number of fused-ring (bicyclic) bond motifs is 1. The highest BCUT2D eigenvalue weighted by Crippen LogP contribution is 2.42. The molecule has 0 unspecified atom stereocenters. The summed E-state index contributed by atoms with van der Waals surface area (Å²) in [5, 5.41) is 29.8. The number of azo groups is 1. The molecule has 3 rings (SSSR count). The van der Waals surface area contributed by atoms with Gasteiger partial charge in [0.15, 0.2) is 15.6 Å². The molecule has 5 N–H and O–H groups in total. The van der Waals surface area contributed by atoms with E-state index in [0.717, 1.165) is 23.8 Å². The van der Waals surface area contributed by atoms with Crippen molar-refractivity contribution in [1.29, 1.82) is 0 Å². The zero-order chi connectivity index (χ0) is 24.6. The van der Waals surface area contributed by atoms with Crippen LogP contribution in [0.15, 0.2) is 51.5 Å². The minimum atomic E-state index is -4.78. The van der Waals surface area contributed by atoms with Crippen molar-refractivity contribution in [3.63, 3.8) is 0 Å². The summed E-state index contributed by atoms with van der Waals surface area (Å²) in [4.78, 5) is -0.285. The predicted molar refractivity (Wildman–Crippen MR) is 121 cm³/mol. The normalized spacial score (nSPS) is 12.6. The standard InChI is InChI=1S/C20H21N3O8S2/c1-11-7-13-9-12(2)19(20(25)18(13)15(21)8-11)23-22-16-10-14(3-4-17(16)24)32(26,27)6-5-31-33(28,29)30/h3-4,7-10,24-25H,5-6,21H2,1-2H3,(H,28,29,30). The molecule has 0 spiro atoms. The summed E-state index contributed by atoms with van der Waals surface area (Å²) in [5.41, 5.74) is 7.76. The fourth-order valence-electron chi connectivity index (χ4n) is 3.21. The molecule has 0 aliphatic heterocycles. The molecule has 0 amide bonds. The number of benzene rings is 3. The van der Waals surface area contributed by atoms with Gasteiger partial charge >= 0.3 is 10.4 Å². The fourth-order valence-corrected chi connectivity index (χ4v) is 4.72. The van der Waals surface area contributed by atoms with Crippen LogP contribution in [0.5, 0.6) is 11.5 Å². The van der Waals surface area contributed by atoms with E-state index >= 15 is 0 Å². The van der Waals surface area contributed by atoms with Crippen LogP contribution in [0.1, 0.15) is 11.1 Å². The number of rotatable bonds is 7. The molecule has 0 heterocycles. The molecular weight excluding hydrogens is 474 g/mol.